The largest absolute Gasteiger partial charge is 0.378 e. The molecule has 6 rings (SSSR count). The van der Waals surface area contributed by atoms with Crippen molar-refractivity contribution in [3.63, 3.8) is 0 Å². The van der Waals surface area contributed by atoms with Gasteiger partial charge in [0.2, 0.25) is 5.91 Å². The van der Waals surface area contributed by atoms with Gasteiger partial charge in [-0.2, -0.15) is 0 Å². The Morgan fingerprint density at radius 2 is 1.94 bits per heavy atom. The molecule has 1 spiro atoms. The number of ether oxygens (including phenoxy) is 1. The van der Waals surface area contributed by atoms with Gasteiger partial charge in [0, 0.05) is 42.4 Å². The number of nitrogens with zero attached hydrogens (tertiary/aromatic N) is 2. The maximum atomic E-state index is 13.3. The van der Waals surface area contributed by atoms with Crippen LogP contribution >= 0.6 is 11.6 Å². The standard InChI is InChI=1S/C25H26ClN3O2/c26-21-19(15-27-22-20(21)24(16-28-22)6-1-2-7-24)17-4-3-5-18(14-17)25(8-9-25)23(30)29-10-12-31-13-11-29/h1-5,14-15H,6-13,16H2,(H,27,28). The van der Waals surface area contributed by atoms with Crippen LogP contribution in [0.3, 0.4) is 0 Å². The van der Waals surface area contributed by atoms with Crippen LogP contribution in [0.25, 0.3) is 11.1 Å². The number of anilines is 1. The van der Waals surface area contributed by atoms with Crippen molar-refractivity contribution in [1.29, 1.82) is 0 Å². The van der Waals surface area contributed by atoms with Crippen molar-refractivity contribution in [3.05, 3.63) is 58.8 Å². The molecule has 0 atom stereocenters. The van der Waals surface area contributed by atoms with E-state index in [0.717, 1.165) is 65.3 Å². The number of fused-ring (bicyclic) bond motifs is 2. The zero-order chi connectivity index (χ0) is 21.1. The van der Waals surface area contributed by atoms with E-state index in [2.05, 4.69) is 35.7 Å². The van der Waals surface area contributed by atoms with Gasteiger partial charge in [0.05, 0.1) is 23.7 Å². The number of benzene rings is 1. The summed E-state index contributed by atoms with van der Waals surface area (Å²) in [5.41, 5.74) is 3.86. The van der Waals surface area contributed by atoms with Gasteiger partial charge >= 0.3 is 0 Å². The van der Waals surface area contributed by atoms with Crippen LogP contribution in [0, 0.1) is 0 Å². The van der Waals surface area contributed by atoms with Crippen LogP contribution in [0.4, 0.5) is 5.82 Å². The van der Waals surface area contributed by atoms with Gasteiger partial charge in [-0.3, -0.25) is 4.79 Å². The molecule has 2 fully saturated rings. The number of hydrogen-bond donors (Lipinski definition) is 1. The number of allylic oxidation sites excluding steroid dienone is 2. The van der Waals surface area contributed by atoms with Gasteiger partial charge in [0.25, 0.3) is 0 Å². The van der Waals surface area contributed by atoms with Crippen molar-refractivity contribution >= 4 is 23.3 Å². The maximum Gasteiger partial charge on any atom is 0.233 e. The van der Waals surface area contributed by atoms with E-state index < -0.39 is 0 Å². The van der Waals surface area contributed by atoms with Gasteiger partial charge < -0.3 is 15.0 Å². The van der Waals surface area contributed by atoms with Gasteiger partial charge in [-0.25, -0.2) is 4.98 Å². The van der Waals surface area contributed by atoms with E-state index in [1.54, 1.807) is 0 Å². The summed E-state index contributed by atoms with van der Waals surface area (Å²) in [4.78, 5) is 20.0. The highest BCUT2D eigenvalue weighted by Crippen LogP contribution is 2.52. The van der Waals surface area contributed by atoms with E-state index in [1.807, 2.05) is 17.2 Å². The zero-order valence-electron chi connectivity index (χ0n) is 17.5. The minimum atomic E-state index is -0.387. The first kappa shape index (κ1) is 19.3. The Hall–Kier alpha value is -2.37. The summed E-state index contributed by atoms with van der Waals surface area (Å²) in [5.74, 6) is 1.15. The number of hydrogen-bond acceptors (Lipinski definition) is 4. The van der Waals surface area contributed by atoms with Crippen molar-refractivity contribution < 1.29 is 9.53 Å². The lowest BCUT2D eigenvalue weighted by Gasteiger charge is -2.31. The third kappa shape index (κ3) is 2.94. The van der Waals surface area contributed by atoms with Crippen LogP contribution in [0.15, 0.2) is 42.6 Å². The van der Waals surface area contributed by atoms with Crippen LogP contribution in [-0.2, 0) is 20.4 Å². The fourth-order valence-corrected chi connectivity index (χ4v) is 5.95. The highest BCUT2D eigenvalue weighted by molar-refractivity contribution is 6.34. The molecule has 1 aromatic heterocycles. The molecule has 31 heavy (non-hydrogen) atoms. The Morgan fingerprint density at radius 1 is 1.16 bits per heavy atom. The number of carbonyl (C=O) groups is 1. The van der Waals surface area contributed by atoms with E-state index in [0.29, 0.717) is 26.3 Å². The van der Waals surface area contributed by atoms with Crippen molar-refractivity contribution in [1.82, 2.24) is 9.88 Å². The third-order valence-corrected chi connectivity index (χ3v) is 7.90. The van der Waals surface area contributed by atoms with Gasteiger partial charge in [-0.05, 0) is 42.9 Å². The average Bonchev–Trinajstić information content (AvgIpc) is 3.36. The number of carbonyl (C=O) groups excluding carboxylic acids is 1. The van der Waals surface area contributed by atoms with Gasteiger partial charge in [-0.1, -0.05) is 42.0 Å². The molecule has 0 radical (unpaired) electrons. The molecule has 1 amide bonds. The van der Waals surface area contributed by atoms with Gasteiger partial charge in [-0.15, -0.1) is 0 Å². The molecule has 0 bridgehead atoms. The van der Waals surface area contributed by atoms with E-state index in [1.165, 1.54) is 0 Å². The quantitative estimate of drug-likeness (QED) is 0.730. The lowest BCUT2D eigenvalue weighted by atomic mass is 9.80. The first-order valence-corrected chi connectivity index (χ1v) is 11.6. The number of nitrogens with one attached hydrogen (secondary N) is 1. The Balaban J connectivity index is 1.36. The molecular weight excluding hydrogens is 410 g/mol. The zero-order valence-corrected chi connectivity index (χ0v) is 18.3. The number of halogens is 1. The average molecular weight is 436 g/mol. The number of rotatable bonds is 3. The van der Waals surface area contributed by atoms with Crippen LogP contribution in [0.1, 0.15) is 36.8 Å². The molecule has 5 nitrogen and oxygen atoms in total. The van der Waals surface area contributed by atoms with E-state index in [-0.39, 0.29) is 16.7 Å². The van der Waals surface area contributed by atoms with Crippen molar-refractivity contribution in [2.75, 3.05) is 38.2 Å². The number of pyridine rings is 1. The minimum absolute atomic E-state index is 0.0249. The summed E-state index contributed by atoms with van der Waals surface area (Å²) in [6.45, 7) is 3.50. The SMILES string of the molecule is O=C(N1CCOCC1)C1(c2cccc(-c3cnc4c(c3Cl)C3(CC=CC3)CN4)c2)CC1. The Bertz CT molecular complexity index is 1080. The lowest BCUT2D eigenvalue weighted by Crippen LogP contribution is -2.45. The van der Waals surface area contributed by atoms with E-state index in [4.69, 9.17) is 21.3 Å². The molecule has 1 aromatic carbocycles. The van der Waals surface area contributed by atoms with Crippen LogP contribution in [0.2, 0.25) is 5.02 Å². The van der Waals surface area contributed by atoms with Crippen LogP contribution in [0.5, 0.6) is 0 Å². The van der Waals surface area contributed by atoms with E-state index >= 15 is 0 Å². The highest BCUT2D eigenvalue weighted by Gasteiger charge is 2.53. The first-order chi connectivity index (χ1) is 15.1. The fraction of sp³-hybridized carbons (Fsp3) is 0.440. The molecule has 160 valence electrons. The summed E-state index contributed by atoms with van der Waals surface area (Å²) in [6.07, 6.45) is 10.2. The topological polar surface area (TPSA) is 54.5 Å². The second-order valence-corrected chi connectivity index (χ2v) is 9.67. The monoisotopic (exact) mass is 435 g/mol. The molecule has 3 heterocycles. The fourth-order valence-electron chi connectivity index (χ4n) is 5.50. The Labute approximate surface area is 187 Å². The van der Waals surface area contributed by atoms with Gasteiger partial charge in [0.1, 0.15) is 5.82 Å². The molecule has 2 aromatic rings. The summed E-state index contributed by atoms with van der Waals surface area (Å²) in [5, 5.41) is 4.25. The van der Waals surface area contributed by atoms with Crippen molar-refractivity contribution in [3.8, 4) is 11.1 Å². The lowest BCUT2D eigenvalue weighted by molar-refractivity contribution is -0.138. The van der Waals surface area contributed by atoms with Crippen molar-refractivity contribution in [2.24, 2.45) is 0 Å². The summed E-state index contributed by atoms with van der Waals surface area (Å²) >= 11 is 7.03. The third-order valence-electron chi connectivity index (χ3n) is 7.51. The second-order valence-electron chi connectivity index (χ2n) is 9.29. The maximum absolute atomic E-state index is 13.3. The predicted octanol–water partition coefficient (Wildman–Crippen LogP) is 4.31. The molecule has 2 aliphatic heterocycles. The summed E-state index contributed by atoms with van der Waals surface area (Å²) in [7, 11) is 0. The minimum Gasteiger partial charge on any atom is -0.378 e. The molecule has 6 heteroatoms. The Morgan fingerprint density at radius 3 is 2.68 bits per heavy atom. The molecular formula is C25H26ClN3O2. The van der Waals surface area contributed by atoms with Crippen LogP contribution in [-0.4, -0.2) is 48.6 Å². The highest BCUT2D eigenvalue weighted by atomic mass is 35.5. The van der Waals surface area contributed by atoms with Crippen LogP contribution < -0.4 is 5.32 Å². The Kier molecular flexibility index (Phi) is 4.41. The smallest absolute Gasteiger partial charge is 0.233 e. The molecule has 2 aliphatic carbocycles. The predicted molar refractivity (Wildman–Crippen MR) is 122 cm³/mol. The number of amides is 1. The molecule has 1 N–H and O–H groups in total. The summed E-state index contributed by atoms with van der Waals surface area (Å²) < 4.78 is 5.43. The first-order valence-electron chi connectivity index (χ1n) is 11.2. The molecule has 0 unspecified atom stereocenters. The number of aromatic nitrogens is 1. The second kappa shape index (κ2) is 7.07. The van der Waals surface area contributed by atoms with Gasteiger partial charge in [0.15, 0.2) is 0 Å². The molecule has 1 saturated carbocycles. The molecule has 4 aliphatic rings. The molecule has 1 saturated heterocycles. The van der Waals surface area contributed by atoms with Crippen molar-refractivity contribution in [2.45, 2.75) is 36.5 Å². The van der Waals surface area contributed by atoms with E-state index in [9.17, 15) is 4.79 Å². The normalized spacial score (nSPS) is 22.4. The summed E-state index contributed by atoms with van der Waals surface area (Å²) in [6, 6.07) is 8.37. The number of morpholine rings is 1.